The molecule has 0 aliphatic heterocycles. The number of carbonyl (C=O) groups is 1. The van der Waals surface area contributed by atoms with Crippen LogP contribution in [0.5, 0.6) is 0 Å². The monoisotopic (exact) mass is 395 g/mol. The van der Waals surface area contributed by atoms with E-state index in [0.717, 1.165) is 27.4 Å². The maximum Gasteiger partial charge on any atom is 0.256 e. The van der Waals surface area contributed by atoms with Crippen LogP contribution in [0.2, 0.25) is 0 Å². The van der Waals surface area contributed by atoms with Crippen LogP contribution in [0.15, 0.2) is 78.2 Å². The van der Waals surface area contributed by atoms with E-state index in [-0.39, 0.29) is 5.91 Å². The van der Waals surface area contributed by atoms with E-state index in [2.05, 4.69) is 16.4 Å². The van der Waals surface area contributed by atoms with Crippen molar-refractivity contribution < 1.29 is 4.79 Å². The van der Waals surface area contributed by atoms with Crippen molar-refractivity contribution in [3.05, 3.63) is 94.3 Å². The molecule has 3 aromatic carbocycles. The Morgan fingerprint density at radius 2 is 1.66 bits per heavy atom. The van der Waals surface area contributed by atoms with Crippen molar-refractivity contribution in [2.45, 2.75) is 6.92 Å². The molecule has 0 saturated carbocycles. The van der Waals surface area contributed by atoms with Crippen LogP contribution in [-0.2, 0) is 0 Å². The summed E-state index contributed by atoms with van der Waals surface area (Å²) in [6.07, 6.45) is 0. The van der Waals surface area contributed by atoms with Gasteiger partial charge < -0.3 is 5.32 Å². The van der Waals surface area contributed by atoms with Gasteiger partial charge in [0.25, 0.3) is 5.91 Å². The maximum absolute atomic E-state index is 13.0. The van der Waals surface area contributed by atoms with E-state index in [1.807, 2.05) is 73.0 Å². The molecule has 140 valence electrons. The second kappa shape index (κ2) is 8.09. The van der Waals surface area contributed by atoms with Gasteiger partial charge in [-0.05, 0) is 36.8 Å². The lowest BCUT2D eigenvalue weighted by molar-refractivity contribution is 0.102. The lowest BCUT2D eigenvalue weighted by Gasteiger charge is -2.12. The standard InChI is InChI=1S/C24H17N3OS/c1-16-26-23(15-29-16)17-10-12-19(13-11-17)27-24(28)22-9-5-4-8-21(22)20-7-3-2-6-18(20)14-25/h2-13,15H,1H3,(H,27,28). The predicted molar refractivity (Wildman–Crippen MR) is 117 cm³/mol. The van der Waals surface area contributed by atoms with Crippen LogP contribution >= 0.6 is 11.3 Å². The number of hydrogen-bond acceptors (Lipinski definition) is 4. The van der Waals surface area contributed by atoms with Gasteiger partial charge in [0, 0.05) is 27.8 Å². The van der Waals surface area contributed by atoms with Crippen LogP contribution < -0.4 is 5.32 Å². The van der Waals surface area contributed by atoms with Gasteiger partial charge in [0.05, 0.1) is 22.3 Å². The summed E-state index contributed by atoms with van der Waals surface area (Å²) >= 11 is 1.61. The first kappa shape index (κ1) is 18.6. The molecule has 0 spiro atoms. The predicted octanol–water partition coefficient (Wildman–Crippen LogP) is 5.91. The zero-order valence-electron chi connectivity index (χ0n) is 15.7. The molecule has 0 radical (unpaired) electrons. The lowest BCUT2D eigenvalue weighted by atomic mass is 9.95. The zero-order valence-corrected chi connectivity index (χ0v) is 16.5. The fraction of sp³-hybridized carbons (Fsp3) is 0.0417. The summed E-state index contributed by atoms with van der Waals surface area (Å²) in [4.78, 5) is 17.4. The number of nitrogens with zero attached hydrogens (tertiary/aromatic N) is 2. The number of nitriles is 1. The molecule has 1 N–H and O–H groups in total. The van der Waals surface area contributed by atoms with E-state index in [0.29, 0.717) is 16.8 Å². The molecule has 4 rings (SSSR count). The molecule has 1 heterocycles. The number of aryl methyl sites for hydroxylation is 1. The zero-order chi connectivity index (χ0) is 20.2. The number of aromatic nitrogens is 1. The molecule has 0 saturated heterocycles. The third-order valence-corrected chi connectivity index (χ3v) is 5.34. The summed E-state index contributed by atoms with van der Waals surface area (Å²) in [5, 5.41) is 15.4. The van der Waals surface area contributed by atoms with E-state index >= 15 is 0 Å². The third kappa shape index (κ3) is 3.93. The smallest absolute Gasteiger partial charge is 0.256 e. The minimum absolute atomic E-state index is 0.217. The van der Waals surface area contributed by atoms with Gasteiger partial charge in [-0.2, -0.15) is 5.26 Å². The number of carbonyl (C=O) groups excluding carboxylic acids is 1. The molecule has 1 aromatic heterocycles. The van der Waals surface area contributed by atoms with Crippen LogP contribution in [0.4, 0.5) is 5.69 Å². The summed E-state index contributed by atoms with van der Waals surface area (Å²) in [5.41, 5.74) is 5.19. The topological polar surface area (TPSA) is 65.8 Å². The van der Waals surface area contributed by atoms with Crippen LogP contribution in [0.25, 0.3) is 22.4 Å². The van der Waals surface area contributed by atoms with E-state index < -0.39 is 0 Å². The maximum atomic E-state index is 13.0. The largest absolute Gasteiger partial charge is 0.322 e. The van der Waals surface area contributed by atoms with Crippen molar-refractivity contribution in [2.24, 2.45) is 0 Å². The Labute approximate surface area is 173 Å². The van der Waals surface area contributed by atoms with E-state index in [9.17, 15) is 10.1 Å². The molecule has 0 bridgehead atoms. The van der Waals surface area contributed by atoms with E-state index in [4.69, 9.17) is 0 Å². The van der Waals surface area contributed by atoms with Gasteiger partial charge in [0.1, 0.15) is 0 Å². The van der Waals surface area contributed by atoms with Crippen LogP contribution in [-0.4, -0.2) is 10.9 Å². The molecule has 0 fully saturated rings. The number of thiazole rings is 1. The first-order valence-electron chi connectivity index (χ1n) is 9.08. The van der Waals surface area contributed by atoms with Crippen molar-refractivity contribution in [1.29, 1.82) is 5.26 Å². The highest BCUT2D eigenvalue weighted by atomic mass is 32.1. The van der Waals surface area contributed by atoms with Gasteiger partial charge in [-0.15, -0.1) is 11.3 Å². The van der Waals surface area contributed by atoms with Crippen molar-refractivity contribution in [3.63, 3.8) is 0 Å². The summed E-state index contributed by atoms with van der Waals surface area (Å²) in [7, 11) is 0. The number of benzene rings is 3. The Bertz CT molecular complexity index is 1220. The number of amides is 1. The Morgan fingerprint density at radius 1 is 0.966 bits per heavy atom. The molecule has 4 aromatic rings. The van der Waals surface area contributed by atoms with Crippen molar-refractivity contribution in [2.75, 3.05) is 5.32 Å². The molecular weight excluding hydrogens is 378 g/mol. The summed E-state index contributed by atoms with van der Waals surface area (Å²) < 4.78 is 0. The quantitative estimate of drug-likeness (QED) is 0.467. The highest BCUT2D eigenvalue weighted by Crippen LogP contribution is 2.28. The van der Waals surface area contributed by atoms with Crippen molar-refractivity contribution in [3.8, 4) is 28.5 Å². The van der Waals surface area contributed by atoms with Crippen LogP contribution in [0, 0.1) is 18.3 Å². The first-order valence-corrected chi connectivity index (χ1v) is 9.96. The summed E-state index contributed by atoms with van der Waals surface area (Å²) in [6, 6.07) is 24.4. The summed E-state index contributed by atoms with van der Waals surface area (Å²) in [6.45, 7) is 1.98. The van der Waals surface area contributed by atoms with Crippen molar-refractivity contribution >= 4 is 22.9 Å². The Hall–Kier alpha value is -3.75. The average molecular weight is 395 g/mol. The van der Waals surface area contributed by atoms with Crippen LogP contribution in [0.3, 0.4) is 0 Å². The van der Waals surface area contributed by atoms with Gasteiger partial charge in [-0.1, -0.05) is 48.5 Å². The van der Waals surface area contributed by atoms with Gasteiger partial charge in [-0.25, -0.2) is 4.98 Å². The first-order chi connectivity index (χ1) is 14.2. The molecule has 0 atom stereocenters. The molecule has 29 heavy (non-hydrogen) atoms. The fourth-order valence-corrected chi connectivity index (χ4v) is 3.77. The Balaban J connectivity index is 1.61. The Kier molecular flexibility index (Phi) is 5.19. The van der Waals surface area contributed by atoms with Gasteiger partial charge in [-0.3, -0.25) is 4.79 Å². The molecule has 1 amide bonds. The van der Waals surface area contributed by atoms with E-state index in [1.54, 1.807) is 23.5 Å². The lowest BCUT2D eigenvalue weighted by Crippen LogP contribution is -2.13. The van der Waals surface area contributed by atoms with Gasteiger partial charge in [0.2, 0.25) is 0 Å². The van der Waals surface area contributed by atoms with Crippen LogP contribution in [0.1, 0.15) is 20.9 Å². The molecular formula is C24H17N3OS. The average Bonchev–Trinajstić information content (AvgIpc) is 3.20. The number of rotatable bonds is 4. The minimum Gasteiger partial charge on any atom is -0.322 e. The minimum atomic E-state index is -0.217. The van der Waals surface area contributed by atoms with Gasteiger partial charge >= 0.3 is 0 Å². The molecule has 4 nitrogen and oxygen atoms in total. The number of hydrogen-bond donors (Lipinski definition) is 1. The normalized spacial score (nSPS) is 10.3. The molecule has 5 heteroatoms. The molecule has 0 aliphatic rings. The molecule has 0 aliphatic carbocycles. The second-order valence-corrected chi connectivity index (χ2v) is 7.55. The summed E-state index contributed by atoms with van der Waals surface area (Å²) in [5.74, 6) is -0.217. The Morgan fingerprint density at radius 3 is 2.34 bits per heavy atom. The number of nitrogens with one attached hydrogen (secondary N) is 1. The second-order valence-electron chi connectivity index (χ2n) is 6.49. The molecule has 0 unspecified atom stereocenters. The van der Waals surface area contributed by atoms with Gasteiger partial charge in [0.15, 0.2) is 0 Å². The SMILES string of the molecule is Cc1nc(-c2ccc(NC(=O)c3ccccc3-c3ccccc3C#N)cc2)cs1. The highest BCUT2D eigenvalue weighted by Gasteiger charge is 2.15. The highest BCUT2D eigenvalue weighted by molar-refractivity contribution is 7.09. The van der Waals surface area contributed by atoms with Crippen molar-refractivity contribution in [1.82, 2.24) is 4.98 Å². The number of anilines is 1. The van der Waals surface area contributed by atoms with E-state index in [1.165, 1.54) is 0 Å². The fourth-order valence-electron chi connectivity index (χ4n) is 3.15. The third-order valence-electron chi connectivity index (χ3n) is 4.57.